The highest BCUT2D eigenvalue weighted by atomic mass is 35.5. The molecular weight excluding hydrogens is 470 g/mol. The normalized spacial score (nSPS) is 16.0. The molecule has 164 valence electrons. The quantitative estimate of drug-likeness (QED) is 0.281. The number of amides is 1. The van der Waals surface area contributed by atoms with E-state index in [-0.39, 0.29) is 17.7 Å². The average Bonchev–Trinajstić information content (AvgIpc) is 3.46. The molecule has 0 saturated heterocycles. The van der Waals surface area contributed by atoms with Crippen LogP contribution in [0.25, 0.3) is 16.3 Å². The van der Waals surface area contributed by atoms with Crippen molar-refractivity contribution in [3.63, 3.8) is 0 Å². The molecule has 0 N–H and O–H groups in total. The van der Waals surface area contributed by atoms with E-state index in [0.717, 1.165) is 31.4 Å². The van der Waals surface area contributed by atoms with Gasteiger partial charge >= 0.3 is 0 Å². The second kappa shape index (κ2) is 9.91. The zero-order chi connectivity index (χ0) is 22.6. The van der Waals surface area contributed by atoms with E-state index in [9.17, 15) is 4.79 Å². The van der Waals surface area contributed by atoms with Gasteiger partial charge in [0.05, 0.1) is 27.7 Å². The summed E-state index contributed by atoms with van der Waals surface area (Å²) in [6.45, 7) is 0. The molecule has 0 fully saturated rings. The van der Waals surface area contributed by atoms with Crippen LogP contribution < -0.4 is 0 Å². The van der Waals surface area contributed by atoms with Gasteiger partial charge in [0.1, 0.15) is 0 Å². The molecule has 0 aliphatic carbocycles. The maximum Gasteiger partial charge on any atom is 0.253 e. The van der Waals surface area contributed by atoms with Crippen molar-refractivity contribution < 1.29 is 4.79 Å². The first-order valence-electron chi connectivity index (χ1n) is 10.5. The third kappa shape index (κ3) is 5.19. The molecule has 4 aromatic rings. The Morgan fingerprint density at radius 3 is 2.61 bits per heavy atom. The van der Waals surface area contributed by atoms with Crippen LogP contribution in [-0.2, 0) is 4.79 Å². The van der Waals surface area contributed by atoms with Crippen molar-refractivity contribution in [3.05, 3.63) is 101 Å². The van der Waals surface area contributed by atoms with Crippen molar-refractivity contribution in [2.75, 3.05) is 5.75 Å². The molecule has 1 amide bonds. The maximum atomic E-state index is 13.2. The summed E-state index contributed by atoms with van der Waals surface area (Å²) in [6.07, 6.45) is 4.76. The van der Waals surface area contributed by atoms with Crippen molar-refractivity contribution in [2.24, 2.45) is 5.10 Å². The number of halogens is 1. The molecule has 1 aliphatic heterocycles. The van der Waals surface area contributed by atoms with Crippen LogP contribution in [0.5, 0.6) is 0 Å². The number of para-hydroxylation sites is 1. The van der Waals surface area contributed by atoms with Gasteiger partial charge in [0.15, 0.2) is 4.34 Å². The summed E-state index contributed by atoms with van der Waals surface area (Å²) in [5, 5.41) is 7.01. The third-order valence-corrected chi connectivity index (χ3v) is 7.70. The maximum absolute atomic E-state index is 13.2. The standard InChI is InChI=1S/C26H20ClN3OS2/c27-20-13-11-19(12-14-20)23-16-21(15-10-18-6-2-1-3-7-18)30(29-23)25(31)17-32-26-28-22-8-4-5-9-24(22)33-26/h1-15,21H,16-17H2/b15-10+. The number of thiazole rings is 1. The number of hydrogen-bond donors (Lipinski definition) is 0. The molecule has 1 atom stereocenters. The minimum Gasteiger partial charge on any atom is -0.272 e. The van der Waals surface area contributed by atoms with Gasteiger partial charge in [-0.3, -0.25) is 4.79 Å². The second-order valence-electron chi connectivity index (χ2n) is 7.57. The van der Waals surface area contributed by atoms with Crippen LogP contribution in [0.1, 0.15) is 17.5 Å². The summed E-state index contributed by atoms with van der Waals surface area (Å²) in [5.41, 5.74) is 3.92. The summed E-state index contributed by atoms with van der Waals surface area (Å²) < 4.78 is 2.02. The molecule has 2 heterocycles. The lowest BCUT2D eigenvalue weighted by molar-refractivity contribution is -0.129. The summed E-state index contributed by atoms with van der Waals surface area (Å²) in [7, 11) is 0. The Hall–Kier alpha value is -2.93. The number of fused-ring (bicyclic) bond motifs is 1. The van der Waals surface area contributed by atoms with Crippen molar-refractivity contribution in [1.29, 1.82) is 0 Å². The Labute approximate surface area is 205 Å². The van der Waals surface area contributed by atoms with Gasteiger partial charge in [0, 0.05) is 11.4 Å². The van der Waals surface area contributed by atoms with Crippen molar-refractivity contribution in [2.45, 2.75) is 16.8 Å². The minimum atomic E-state index is -0.139. The Balaban J connectivity index is 1.35. The van der Waals surface area contributed by atoms with Crippen LogP contribution >= 0.6 is 34.7 Å². The SMILES string of the molecule is O=C(CSc1nc2ccccc2s1)N1N=C(c2ccc(Cl)cc2)CC1/C=C/c1ccccc1. The van der Waals surface area contributed by atoms with E-state index in [2.05, 4.69) is 11.1 Å². The second-order valence-corrected chi connectivity index (χ2v) is 10.3. The number of hydrazone groups is 1. The van der Waals surface area contributed by atoms with E-state index in [1.54, 1.807) is 16.3 Å². The lowest BCUT2D eigenvalue weighted by Crippen LogP contribution is -2.32. The number of benzene rings is 3. The summed E-state index contributed by atoms with van der Waals surface area (Å²) in [5.74, 6) is 0.248. The Morgan fingerprint density at radius 2 is 1.82 bits per heavy atom. The smallest absolute Gasteiger partial charge is 0.253 e. The van der Waals surface area contributed by atoms with Crippen LogP contribution in [-0.4, -0.2) is 33.4 Å². The van der Waals surface area contributed by atoms with Gasteiger partial charge in [-0.15, -0.1) is 11.3 Å². The zero-order valence-electron chi connectivity index (χ0n) is 17.6. The van der Waals surface area contributed by atoms with E-state index in [1.807, 2.05) is 84.9 Å². The topological polar surface area (TPSA) is 45.6 Å². The number of thioether (sulfide) groups is 1. The minimum absolute atomic E-state index is 0.0362. The first-order valence-corrected chi connectivity index (χ1v) is 12.7. The molecule has 1 unspecified atom stereocenters. The van der Waals surface area contributed by atoms with Gasteiger partial charge in [0.2, 0.25) is 0 Å². The van der Waals surface area contributed by atoms with Gasteiger partial charge in [-0.1, -0.05) is 90.1 Å². The van der Waals surface area contributed by atoms with E-state index in [1.165, 1.54) is 11.8 Å². The van der Waals surface area contributed by atoms with Crippen LogP contribution in [0.4, 0.5) is 0 Å². The molecule has 0 radical (unpaired) electrons. The monoisotopic (exact) mass is 489 g/mol. The predicted octanol–water partition coefficient (Wildman–Crippen LogP) is 6.76. The Morgan fingerprint density at radius 1 is 1.06 bits per heavy atom. The molecule has 0 saturated carbocycles. The summed E-state index contributed by atoms with van der Waals surface area (Å²) in [6, 6.07) is 25.5. The van der Waals surface area contributed by atoms with Crippen LogP contribution in [0.2, 0.25) is 5.02 Å². The van der Waals surface area contributed by atoms with Crippen LogP contribution in [0.15, 0.2) is 94.4 Å². The molecule has 7 heteroatoms. The molecular formula is C26H20ClN3OS2. The van der Waals surface area contributed by atoms with Crippen molar-refractivity contribution in [3.8, 4) is 0 Å². The van der Waals surface area contributed by atoms with Gasteiger partial charge in [-0.05, 0) is 35.4 Å². The fourth-order valence-electron chi connectivity index (χ4n) is 3.63. The molecule has 33 heavy (non-hydrogen) atoms. The fraction of sp³-hybridized carbons (Fsp3) is 0.115. The Kier molecular flexibility index (Phi) is 6.58. The van der Waals surface area contributed by atoms with Gasteiger partial charge in [-0.25, -0.2) is 9.99 Å². The molecule has 4 nitrogen and oxygen atoms in total. The van der Waals surface area contributed by atoms with Crippen LogP contribution in [0.3, 0.4) is 0 Å². The van der Waals surface area contributed by atoms with Gasteiger partial charge < -0.3 is 0 Å². The molecule has 1 aromatic heterocycles. The van der Waals surface area contributed by atoms with E-state index in [0.29, 0.717) is 11.4 Å². The molecule has 5 rings (SSSR count). The lowest BCUT2D eigenvalue weighted by Gasteiger charge is -2.18. The van der Waals surface area contributed by atoms with E-state index < -0.39 is 0 Å². The largest absolute Gasteiger partial charge is 0.272 e. The van der Waals surface area contributed by atoms with Gasteiger partial charge in [0.25, 0.3) is 5.91 Å². The first kappa shape index (κ1) is 21.9. The zero-order valence-corrected chi connectivity index (χ0v) is 20.0. The number of carbonyl (C=O) groups excluding carboxylic acids is 1. The number of carbonyl (C=O) groups is 1. The van der Waals surface area contributed by atoms with Crippen molar-refractivity contribution >= 4 is 62.6 Å². The molecule has 0 bridgehead atoms. The number of rotatable bonds is 6. The summed E-state index contributed by atoms with van der Waals surface area (Å²) in [4.78, 5) is 17.8. The number of hydrogen-bond acceptors (Lipinski definition) is 5. The lowest BCUT2D eigenvalue weighted by atomic mass is 10.0. The van der Waals surface area contributed by atoms with E-state index in [4.69, 9.17) is 16.7 Å². The average molecular weight is 490 g/mol. The number of aromatic nitrogens is 1. The predicted molar refractivity (Wildman–Crippen MR) is 139 cm³/mol. The van der Waals surface area contributed by atoms with E-state index >= 15 is 0 Å². The highest BCUT2D eigenvalue weighted by molar-refractivity contribution is 8.01. The van der Waals surface area contributed by atoms with Gasteiger partial charge in [-0.2, -0.15) is 5.10 Å². The molecule has 0 spiro atoms. The highest BCUT2D eigenvalue weighted by Gasteiger charge is 2.30. The Bertz CT molecular complexity index is 1300. The first-order chi connectivity index (χ1) is 16.2. The summed E-state index contributed by atoms with van der Waals surface area (Å²) >= 11 is 9.12. The number of nitrogens with zero attached hydrogens (tertiary/aromatic N) is 3. The molecule has 3 aromatic carbocycles. The highest BCUT2D eigenvalue weighted by Crippen LogP contribution is 2.30. The fourth-order valence-corrected chi connectivity index (χ4v) is 5.67. The van der Waals surface area contributed by atoms with Crippen molar-refractivity contribution in [1.82, 2.24) is 9.99 Å². The molecule has 1 aliphatic rings. The third-order valence-electron chi connectivity index (χ3n) is 5.28. The van der Waals surface area contributed by atoms with Crippen LogP contribution in [0, 0.1) is 0 Å².